The van der Waals surface area contributed by atoms with E-state index >= 15 is 0 Å². The SMILES string of the molecule is CC(C)=CCn1c(N2CCCC(N)C2)nc2c1c(=O)n(CCc1ccccc1)c(=O)n2CCc1ccccc1. The number of nitrogens with zero attached hydrogens (tertiary/aromatic N) is 5. The number of benzene rings is 2. The van der Waals surface area contributed by atoms with Crippen LogP contribution in [0.3, 0.4) is 0 Å². The number of piperidine rings is 1. The van der Waals surface area contributed by atoms with Crippen molar-refractivity contribution < 1.29 is 0 Å². The smallest absolute Gasteiger partial charge is 0.332 e. The van der Waals surface area contributed by atoms with E-state index in [1.165, 1.54) is 4.57 Å². The average molecular weight is 527 g/mol. The molecule has 204 valence electrons. The van der Waals surface area contributed by atoms with E-state index in [0.29, 0.717) is 56.1 Å². The van der Waals surface area contributed by atoms with Crippen LogP contribution >= 0.6 is 0 Å². The molecule has 8 heteroatoms. The molecule has 1 unspecified atom stereocenters. The van der Waals surface area contributed by atoms with Crippen molar-refractivity contribution in [1.29, 1.82) is 0 Å². The Morgan fingerprint density at radius 3 is 2.13 bits per heavy atom. The number of aromatic nitrogens is 4. The summed E-state index contributed by atoms with van der Waals surface area (Å²) in [4.78, 5) is 35.1. The first kappa shape index (κ1) is 26.7. The number of fused-ring (bicyclic) bond motifs is 1. The van der Waals surface area contributed by atoms with E-state index in [1.54, 1.807) is 4.57 Å². The molecule has 0 amide bonds. The lowest BCUT2D eigenvalue weighted by molar-refractivity contribution is 0.495. The zero-order chi connectivity index (χ0) is 27.4. The highest BCUT2D eigenvalue weighted by molar-refractivity contribution is 5.75. The van der Waals surface area contributed by atoms with E-state index in [1.807, 2.05) is 66.9 Å². The van der Waals surface area contributed by atoms with E-state index in [-0.39, 0.29) is 17.3 Å². The second kappa shape index (κ2) is 11.9. The summed E-state index contributed by atoms with van der Waals surface area (Å²) in [7, 11) is 0. The zero-order valence-corrected chi connectivity index (χ0v) is 22.9. The van der Waals surface area contributed by atoms with Gasteiger partial charge in [0.25, 0.3) is 5.56 Å². The van der Waals surface area contributed by atoms with Gasteiger partial charge in [0, 0.05) is 38.8 Å². The Morgan fingerprint density at radius 2 is 1.54 bits per heavy atom. The zero-order valence-electron chi connectivity index (χ0n) is 22.9. The van der Waals surface area contributed by atoms with Gasteiger partial charge in [-0.15, -0.1) is 0 Å². The Bertz CT molecular complexity index is 1560. The lowest BCUT2D eigenvalue weighted by Gasteiger charge is -2.31. The van der Waals surface area contributed by atoms with E-state index in [2.05, 4.69) is 23.1 Å². The van der Waals surface area contributed by atoms with Crippen LogP contribution in [0.1, 0.15) is 37.8 Å². The lowest BCUT2D eigenvalue weighted by atomic mass is 10.1. The monoisotopic (exact) mass is 526 g/mol. The van der Waals surface area contributed by atoms with Gasteiger partial charge in [-0.3, -0.25) is 13.9 Å². The van der Waals surface area contributed by atoms with Crippen LogP contribution in [-0.4, -0.2) is 37.8 Å². The fourth-order valence-corrected chi connectivity index (χ4v) is 5.33. The first-order chi connectivity index (χ1) is 18.9. The highest BCUT2D eigenvalue weighted by Gasteiger charge is 2.26. The molecular weight excluding hydrogens is 488 g/mol. The molecule has 1 saturated heterocycles. The normalized spacial score (nSPS) is 15.6. The lowest BCUT2D eigenvalue weighted by Crippen LogP contribution is -2.44. The van der Waals surface area contributed by atoms with E-state index in [9.17, 15) is 9.59 Å². The van der Waals surface area contributed by atoms with Gasteiger partial charge in [-0.1, -0.05) is 72.3 Å². The number of rotatable bonds is 9. The van der Waals surface area contributed by atoms with Gasteiger partial charge in [0.15, 0.2) is 11.2 Å². The van der Waals surface area contributed by atoms with Crippen molar-refractivity contribution in [3.63, 3.8) is 0 Å². The van der Waals surface area contributed by atoms with E-state index < -0.39 is 0 Å². The van der Waals surface area contributed by atoms with Crippen molar-refractivity contribution in [2.24, 2.45) is 5.73 Å². The number of aryl methyl sites for hydroxylation is 3. The number of hydrogen-bond donors (Lipinski definition) is 1. The molecule has 0 aliphatic carbocycles. The molecule has 3 heterocycles. The van der Waals surface area contributed by atoms with Crippen LogP contribution in [0.2, 0.25) is 0 Å². The predicted molar refractivity (Wildman–Crippen MR) is 157 cm³/mol. The summed E-state index contributed by atoms with van der Waals surface area (Å²) >= 11 is 0. The van der Waals surface area contributed by atoms with Crippen molar-refractivity contribution in [1.82, 2.24) is 18.7 Å². The van der Waals surface area contributed by atoms with Crippen LogP contribution in [0, 0.1) is 0 Å². The maximum atomic E-state index is 14.0. The van der Waals surface area contributed by atoms with Crippen LogP contribution in [-0.2, 0) is 32.5 Å². The molecule has 0 saturated carbocycles. The summed E-state index contributed by atoms with van der Waals surface area (Å²) in [5, 5.41) is 0. The summed E-state index contributed by atoms with van der Waals surface area (Å²) in [6.45, 7) is 6.83. The Labute approximate surface area is 229 Å². The Morgan fingerprint density at radius 1 is 0.923 bits per heavy atom. The van der Waals surface area contributed by atoms with Gasteiger partial charge < -0.3 is 15.2 Å². The highest BCUT2D eigenvalue weighted by atomic mass is 16.2. The van der Waals surface area contributed by atoms with Crippen LogP contribution in [0.5, 0.6) is 0 Å². The van der Waals surface area contributed by atoms with Crippen LogP contribution in [0.15, 0.2) is 81.9 Å². The molecule has 8 nitrogen and oxygen atoms in total. The molecule has 0 radical (unpaired) electrons. The minimum absolute atomic E-state index is 0.0540. The van der Waals surface area contributed by atoms with E-state index in [0.717, 1.165) is 36.1 Å². The summed E-state index contributed by atoms with van der Waals surface area (Å²) < 4.78 is 5.08. The molecule has 2 aromatic carbocycles. The van der Waals surface area contributed by atoms with E-state index in [4.69, 9.17) is 10.7 Å². The predicted octanol–water partition coefficient (Wildman–Crippen LogP) is 3.74. The Kier molecular flexibility index (Phi) is 8.12. The summed E-state index contributed by atoms with van der Waals surface area (Å²) in [6.07, 6.45) is 5.29. The van der Waals surface area contributed by atoms with Crippen LogP contribution in [0.25, 0.3) is 11.2 Å². The third-order valence-electron chi connectivity index (χ3n) is 7.45. The molecule has 1 atom stereocenters. The number of nitrogens with two attached hydrogens (primary N) is 1. The van der Waals surface area contributed by atoms with Crippen LogP contribution < -0.4 is 21.9 Å². The van der Waals surface area contributed by atoms with Crippen molar-refractivity contribution in [2.45, 2.75) is 65.2 Å². The molecule has 1 aliphatic heterocycles. The van der Waals surface area contributed by atoms with Gasteiger partial charge in [0.2, 0.25) is 5.95 Å². The Hall–Kier alpha value is -3.91. The third kappa shape index (κ3) is 5.91. The minimum Gasteiger partial charge on any atom is -0.341 e. The largest absolute Gasteiger partial charge is 0.341 e. The van der Waals surface area contributed by atoms with Gasteiger partial charge >= 0.3 is 5.69 Å². The number of allylic oxidation sites excluding steroid dienone is 2. The minimum atomic E-state index is -0.312. The summed E-state index contributed by atoms with van der Waals surface area (Å²) in [5.74, 6) is 0.712. The Balaban J connectivity index is 1.67. The molecule has 2 aromatic heterocycles. The molecule has 5 rings (SSSR count). The summed E-state index contributed by atoms with van der Waals surface area (Å²) in [6, 6.07) is 20.1. The highest BCUT2D eigenvalue weighted by Crippen LogP contribution is 2.24. The maximum absolute atomic E-state index is 14.0. The van der Waals surface area contributed by atoms with Gasteiger partial charge in [0.1, 0.15) is 0 Å². The molecule has 4 aromatic rings. The summed E-state index contributed by atoms with van der Waals surface area (Å²) in [5.41, 5.74) is 10.0. The van der Waals surface area contributed by atoms with Gasteiger partial charge in [-0.2, -0.15) is 4.98 Å². The topological polar surface area (TPSA) is 91.1 Å². The van der Waals surface area contributed by atoms with Gasteiger partial charge in [0.05, 0.1) is 0 Å². The second-order valence-electron chi connectivity index (χ2n) is 10.7. The average Bonchev–Trinajstić information content (AvgIpc) is 3.32. The van der Waals surface area contributed by atoms with Crippen molar-refractivity contribution in [3.05, 3.63) is 104 Å². The standard InChI is InChI=1S/C31H38N6O2/c1-23(2)15-19-35-27-28(33-30(35)34-18-9-14-26(32)22-34)36(20-16-24-10-5-3-6-11-24)31(39)37(29(27)38)21-17-25-12-7-4-8-13-25/h3-8,10-13,15,26H,9,14,16-22,32H2,1-2H3. The fourth-order valence-electron chi connectivity index (χ4n) is 5.33. The van der Waals surface area contributed by atoms with Crippen molar-refractivity contribution >= 4 is 17.1 Å². The third-order valence-corrected chi connectivity index (χ3v) is 7.45. The van der Waals surface area contributed by atoms with Crippen molar-refractivity contribution in [2.75, 3.05) is 18.0 Å². The van der Waals surface area contributed by atoms with Gasteiger partial charge in [-0.05, 0) is 50.7 Å². The number of anilines is 1. The van der Waals surface area contributed by atoms with Gasteiger partial charge in [-0.25, -0.2) is 4.79 Å². The first-order valence-electron chi connectivity index (χ1n) is 13.9. The second-order valence-corrected chi connectivity index (χ2v) is 10.7. The molecule has 1 aliphatic rings. The molecule has 39 heavy (non-hydrogen) atoms. The van der Waals surface area contributed by atoms with Crippen molar-refractivity contribution in [3.8, 4) is 0 Å². The molecule has 0 spiro atoms. The molecule has 0 bridgehead atoms. The maximum Gasteiger partial charge on any atom is 0.332 e. The quantitative estimate of drug-likeness (QED) is 0.336. The molecular formula is C31H38N6O2. The fraction of sp³-hybridized carbons (Fsp3) is 0.387. The molecule has 1 fully saturated rings. The number of hydrogen-bond acceptors (Lipinski definition) is 5. The first-order valence-corrected chi connectivity index (χ1v) is 13.9. The molecule has 2 N–H and O–H groups in total. The van der Waals surface area contributed by atoms with Crippen LogP contribution in [0.4, 0.5) is 5.95 Å². The number of imidazole rings is 1.